The summed E-state index contributed by atoms with van der Waals surface area (Å²) in [4.78, 5) is 7.35. The number of aromatic nitrogens is 3. The van der Waals surface area contributed by atoms with Crippen molar-refractivity contribution in [2.45, 2.75) is 42.6 Å². The fraction of sp³-hybridized carbons (Fsp3) is 0.423. The lowest BCUT2D eigenvalue weighted by Gasteiger charge is -2.31. The van der Waals surface area contributed by atoms with Gasteiger partial charge in [0.2, 0.25) is 0 Å². The first kappa shape index (κ1) is 23.5. The van der Waals surface area contributed by atoms with Crippen molar-refractivity contribution < 1.29 is 4.74 Å². The van der Waals surface area contributed by atoms with Gasteiger partial charge in [-0.05, 0) is 69.3 Å². The second-order valence-electron chi connectivity index (χ2n) is 8.71. The lowest BCUT2D eigenvalue weighted by atomic mass is 10.1. The van der Waals surface area contributed by atoms with Gasteiger partial charge in [-0.3, -0.25) is 14.5 Å². The van der Waals surface area contributed by atoms with E-state index in [1.54, 1.807) is 18.9 Å². The summed E-state index contributed by atoms with van der Waals surface area (Å²) >= 11 is 3.64. The molecule has 2 aliphatic rings. The molecule has 2 aromatic carbocycles. The number of thioether (sulfide) groups is 2. The van der Waals surface area contributed by atoms with E-state index in [0.717, 1.165) is 58.4 Å². The molecule has 3 heterocycles. The van der Waals surface area contributed by atoms with Crippen LogP contribution in [-0.2, 0) is 0 Å². The van der Waals surface area contributed by atoms with Crippen molar-refractivity contribution in [1.82, 2.24) is 19.7 Å². The molecule has 2 aliphatic heterocycles. The minimum atomic E-state index is 0.244. The van der Waals surface area contributed by atoms with E-state index in [2.05, 4.69) is 64.0 Å². The zero-order valence-electron chi connectivity index (χ0n) is 19.8. The highest BCUT2D eigenvalue weighted by Gasteiger charge is 2.27. The van der Waals surface area contributed by atoms with E-state index < -0.39 is 0 Å². The van der Waals surface area contributed by atoms with Crippen LogP contribution in [0.4, 0.5) is 0 Å². The zero-order valence-corrected chi connectivity index (χ0v) is 21.4. The lowest BCUT2D eigenvalue weighted by Crippen LogP contribution is -2.33. The molecule has 6 nitrogen and oxygen atoms in total. The predicted molar refractivity (Wildman–Crippen MR) is 142 cm³/mol. The molecule has 2 atom stereocenters. The Balaban J connectivity index is 1.29. The molecule has 34 heavy (non-hydrogen) atoms. The number of hydrogen-bond donors (Lipinski definition) is 0. The van der Waals surface area contributed by atoms with Gasteiger partial charge < -0.3 is 4.74 Å². The molecule has 0 radical (unpaired) electrons. The third-order valence-electron chi connectivity index (χ3n) is 6.44. The SMILES string of the molecule is COc1ccc(C2=NCC(CSc3nnc(C(C)N4CCCCC4)n3-c3ccccc3)S2)cc1. The minimum absolute atomic E-state index is 0.244. The number of nitrogens with zero attached hydrogens (tertiary/aromatic N) is 5. The number of benzene rings is 2. The van der Waals surface area contributed by atoms with Crippen molar-refractivity contribution >= 4 is 28.6 Å². The number of aliphatic imine (C=N–C) groups is 1. The number of piperidine rings is 1. The molecule has 0 amide bonds. The monoisotopic (exact) mass is 493 g/mol. The number of hydrogen-bond acceptors (Lipinski definition) is 7. The Kier molecular flexibility index (Phi) is 7.57. The van der Waals surface area contributed by atoms with E-state index in [-0.39, 0.29) is 6.04 Å². The summed E-state index contributed by atoms with van der Waals surface area (Å²) in [6.07, 6.45) is 3.86. The van der Waals surface area contributed by atoms with Gasteiger partial charge in [-0.25, -0.2) is 0 Å². The number of ether oxygens (including phenoxy) is 1. The largest absolute Gasteiger partial charge is 0.497 e. The summed E-state index contributed by atoms with van der Waals surface area (Å²) in [6, 6.07) is 18.9. The van der Waals surface area contributed by atoms with Crippen molar-refractivity contribution in [3.8, 4) is 11.4 Å². The Bertz CT molecular complexity index is 1110. The van der Waals surface area contributed by atoms with Crippen molar-refractivity contribution in [2.24, 2.45) is 4.99 Å². The van der Waals surface area contributed by atoms with Crippen LogP contribution in [0.2, 0.25) is 0 Å². The van der Waals surface area contributed by atoms with E-state index >= 15 is 0 Å². The van der Waals surface area contributed by atoms with Crippen LogP contribution in [0.3, 0.4) is 0 Å². The summed E-state index contributed by atoms with van der Waals surface area (Å²) in [5.74, 6) is 2.84. The van der Waals surface area contributed by atoms with Crippen LogP contribution in [0.15, 0.2) is 64.7 Å². The van der Waals surface area contributed by atoms with E-state index in [9.17, 15) is 0 Å². The highest BCUT2D eigenvalue weighted by atomic mass is 32.2. The van der Waals surface area contributed by atoms with Gasteiger partial charge in [-0.2, -0.15) is 0 Å². The summed E-state index contributed by atoms with van der Waals surface area (Å²) in [5, 5.41) is 11.8. The van der Waals surface area contributed by atoms with Crippen molar-refractivity contribution in [1.29, 1.82) is 0 Å². The first-order valence-electron chi connectivity index (χ1n) is 12.0. The number of para-hydroxylation sites is 1. The van der Waals surface area contributed by atoms with E-state index in [0.29, 0.717) is 5.25 Å². The fourth-order valence-electron chi connectivity index (χ4n) is 4.50. The highest BCUT2D eigenvalue weighted by Crippen LogP contribution is 2.33. The van der Waals surface area contributed by atoms with Gasteiger partial charge in [0.15, 0.2) is 11.0 Å². The van der Waals surface area contributed by atoms with Crippen LogP contribution in [0.1, 0.15) is 43.6 Å². The maximum atomic E-state index is 5.28. The van der Waals surface area contributed by atoms with E-state index in [1.165, 1.54) is 19.3 Å². The average molecular weight is 494 g/mol. The summed E-state index contributed by atoms with van der Waals surface area (Å²) < 4.78 is 7.54. The average Bonchev–Trinajstić information content (AvgIpc) is 3.55. The molecule has 3 aromatic rings. The molecule has 178 valence electrons. The fourth-order valence-corrected chi connectivity index (χ4v) is 6.73. The third kappa shape index (κ3) is 5.19. The second kappa shape index (κ2) is 11.0. The van der Waals surface area contributed by atoms with Crippen molar-refractivity contribution in [3.63, 3.8) is 0 Å². The molecule has 0 bridgehead atoms. The summed E-state index contributed by atoms with van der Waals surface area (Å²) in [7, 11) is 1.69. The molecule has 0 N–H and O–H groups in total. The Morgan fingerprint density at radius 1 is 1.03 bits per heavy atom. The van der Waals surface area contributed by atoms with Gasteiger partial charge in [0, 0.05) is 22.3 Å². The van der Waals surface area contributed by atoms with Gasteiger partial charge in [0.05, 0.1) is 24.7 Å². The molecule has 0 saturated carbocycles. The first-order chi connectivity index (χ1) is 16.7. The summed E-state index contributed by atoms with van der Waals surface area (Å²) in [6.45, 7) is 5.37. The topological polar surface area (TPSA) is 55.5 Å². The van der Waals surface area contributed by atoms with Gasteiger partial charge in [0.25, 0.3) is 0 Å². The molecule has 1 saturated heterocycles. The molecule has 1 fully saturated rings. The first-order valence-corrected chi connectivity index (χ1v) is 13.8. The van der Waals surface area contributed by atoms with Gasteiger partial charge in [-0.1, -0.05) is 36.4 Å². The normalized spacial score (nSPS) is 19.7. The van der Waals surface area contributed by atoms with Crippen molar-refractivity contribution in [3.05, 3.63) is 66.0 Å². The number of likely N-dealkylation sites (tertiary alicyclic amines) is 1. The molecule has 5 rings (SSSR count). The Hall–Kier alpha value is -2.29. The van der Waals surface area contributed by atoms with Crippen LogP contribution in [0.25, 0.3) is 5.69 Å². The zero-order chi connectivity index (χ0) is 23.3. The van der Waals surface area contributed by atoms with Crippen LogP contribution in [-0.4, -0.2) is 62.5 Å². The molecular formula is C26H31N5OS2. The van der Waals surface area contributed by atoms with Crippen LogP contribution in [0.5, 0.6) is 5.75 Å². The Morgan fingerprint density at radius 3 is 2.53 bits per heavy atom. The predicted octanol–water partition coefficient (Wildman–Crippen LogP) is 5.48. The number of methoxy groups -OCH3 is 1. The highest BCUT2D eigenvalue weighted by molar-refractivity contribution is 8.16. The standard InChI is InChI=1S/C26H31N5OS2/c1-19(30-15-7-4-8-16-30)24-28-29-26(31(24)21-9-5-3-6-10-21)33-18-23-17-27-25(34-23)20-11-13-22(32-2)14-12-20/h3,5-6,9-14,19,23H,4,7-8,15-18H2,1-2H3. The molecule has 1 aromatic heterocycles. The maximum Gasteiger partial charge on any atom is 0.195 e. The van der Waals surface area contributed by atoms with E-state index in [1.807, 2.05) is 23.9 Å². The maximum absolute atomic E-state index is 5.28. The quantitative estimate of drug-likeness (QED) is 0.388. The molecule has 2 unspecified atom stereocenters. The van der Waals surface area contributed by atoms with Crippen LogP contribution in [0, 0.1) is 0 Å². The molecule has 0 aliphatic carbocycles. The third-order valence-corrected chi connectivity index (χ3v) is 8.98. The molecule has 0 spiro atoms. The van der Waals surface area contributed by atoms with Crippen LogP contribution < -0.4 is 4.74 Å². The Morgan fingerprint density at radius 2 is 1.79 bits per heavy atom. The van der Waals surface area contributed by atoms with E-state index in [4.69, 9.17) is 14.8 Å². The Labute approximate surface area is 210 Å². The van der Waals surface area contributed by atoms with Gasteiger partial charge in [0.1, 0.15) is 5.75 Å². The number of rotatable bonds is 8. The van der Waals surface area contributed by atoms with Crippen molar-refractivity contribution in [2.75, 3.05) is 32.5 Å². The minimum Gasteiger partial charge on any atom is -0.497 e. The van der Waals surface area contributed by atoms with Gasteiger partial charge in [-0.15, -0.1) is 22.0 Å². The van der Waals surface area contributed by atoms with Crippen LogP contribution >= 0.6 is 23.5 Å². The smallest absolute Gasteiger partial charge is 0.195 e. The second-order valence-corrected chi connectivity index (χ2v) is 11.0. The summed E-state index contributed by atoms with van der Waals surface area (Å²) in [5.41, 5.74) is 2.28. The van der Waals surface area contributed by atoms with Gasteiger partial charge >= 0.3 is 0 Å². The molecule has 8 heteroatoms. The lowest BCUT2D eigenvalue weighted by molar-refractivity contribution is 0.167. The molecular weight excluding hydrogens is 462 g/mol.